The van der Waals surface area contributed by atoms with Crippen molar-refractivity contribution in [2.75, 3.05) is 18.5 Å². The van der Waals surface area contributed by atoms with Crippen LogP contribution in [0.4, 0.5) is 5.82 Å². The van der Waals surface area contributed by atoms with Crippen LogP contribution in [-0.2, 0) is 9.53 Å². The van der Waals surface area contributed by atoms with Crippen molar-refractivity contribution in [1.29, 1.82) is 0 Å². The van der Waals surface area contributed by atoms with E-state index in [1.165, 1.54) is 6.26 Å². The van der Waals surface area contributed by atoms with Crippen molar-refractivity contribution in [2.45, 2.75) is 6.04 Å². The molecule has 2 heterocycles. The molecule has 2 atom stereocenters. The summed E-state index contributed by atoms with van der Waals surface area (Å²) in [5.41, 5.74) is 5.68. The van der Waals surface area contributed by atoms with Crippen molar-refractivity contribution >= 4 is 11.7 Å². The van der Waals surface area contributed by atoms with Crippen molar-refractivity contribution < 1.29 is 14.1 Å². The summed E-state index contributed by atoms with van der Waals surface area (Å²) >= 11 is 0. The van der Waals surface area contributed by atoms with E-state index in [4.69, 9.17) is 10.5 Å². The Balaban J connectivity index is 1.95. The third kappa shape index (κ3) is 1.75. The molecule has 1 aromatic heterocycles. The standard InChI is InChI=1S/C8H11N3O3/c9-6-4-13-3-5(6)8(12)10-7-1-2-14-11-7/h1-2,5-6H,3-4,9H2,(H,10,11,12). The van der Waals surface area contributed by atoms with Crippen LogP contribution in [0.25, 0.3) is 0 Å². The number of nitrogens with two attached hydrogens (primary N) is 1. The highest BCUT2D eigenvalue weighted by Gasteiger charge is 2.31. The number of carbonyl (C=O) groups excluding carboxylic acids is 1. The zero-order valence-corrected chi connectivity index (χ0v) is 7.47. The van der Waals surface area contributed by atoms with Crippen LogP contribution in [0.1, 0.15) is 0 Å². The van der Waals surface area contributed by atoms with E-state index in [0.29, 0.717) is 19.0 Å². The lowest BCUT2D eigenvalue weighted by atomic mass is 10.0. The van der Waals surface area contributed by atoms with Crippen molar-refractivity contribution in [1.82, 2.24) is 5.16 Å². The van der Waals surface area contributed by atoms with E-state index in [1.54, 1.807) is 6.07 Å². The second-order valence-electron chi connectivity index (χ2n) is 3.18. The molecule has 1 saturated heterocycles. The second-order valence-corrected chi connectivity index (χ2v) is 3.18. The Morgan fingerprint density at radius 1 is 1.64 bits per heavy atom. The van der Waals surface area contributed by atoms with Gasteiger partial charge in [-0.1, -0.05) is 5.16 Å². The second kappa shape index (κ2) is 3.77. The van der Waals surface area contributed by atoms with Gasteiger partial charge in [0.25, 0.3) is 0 Å². The van der Waals surface area contributed by atoms with Gasteiger partial charge in [-0.15, -0.1) is 0 Å². The van der Waals surface area contributed by atoms with Crippen molar-refractivity contribution in [2.24, 2.45) is 11.7 Å². The van der Waals surface area contributed by atoms with Gasteiger partial charge in [0.05, 0.1) is 19.1 Å². The first-order valence-corrected chi connectivity index (χ1v) is 4.32. The fraction of sp³-hybridized carbons (Fsp3) is 0.500. The highest BCUT2D eigenvalue weighted by atomic mass is 16.5. The maximum atomic E-state index is 11.6. The fourth-order valence-corrected chi connectivity index (χ4v) is 1.34. The Morgan fingerprint density at radius 3 is 3.07 bits per heavy atom. The maximum Gasteiger partial charge on any atom is 0.232 e. The molecule has 6 heteroatoms. The first-order chi connectivity index (χ1) is 6.77. The number of hydrogen-bond donors (Lipinski definition) is 2. The van der Waals surface area contributed by atoms with Gasteiger partial charge in [0.15, 0.2) is 5.82 Å². The van der Waals surface area contributed by atoms with Crippen molar-refractivity contribution in [3.8, 4) is 0 Å². The summed E-state index contributed by atoms with van der Waals surface area (Å²) in [5.74, 6) is -0.0790. The predicted octanol–water partition coefficient (Wildman–Crippen LogP) is -0.413. The predicted molar refractivity (Wildman–Crippen MR) is 47.4 cm³/mol. The molecule has 0 spiro atoms. The van der Waals surface area contributed by atoms with E-state index in [-0.39, 0.29) is 17.9 Å². The SMILES string of the molecule is NC1COCC1C(=O)Nc1ccon1. The normalized spacial score (nSPS) is 26.4. The van der Waals surface area contributed by atoms with Gasteiger partial charge in [0.2, 0.25) is 5.91 Å². The van der Waals surface area contributed by atoms with Gasteiger partial charge < -0.3 is 20.3 Å². The van der Waals surface area contributed by atoms with E-state index in [1.807, 2.05) is 0 Å². The Bertz CT molecular complexity index is 312. The number of aromatic nitrogens is 1. The van der Waals surface area contributed by atoms with Crippen LogP contribution in [0.2, 0.25) is 0 Å². The van der Waals surface area contributed by atoms with E-state index in [9.17, 15) is 4.79 Å². The average molecular weight is 197 g/mol. The number of nitrogens with one attached hydrogen (secondary N) is 1. The molecule has 0 aliphatic carbocycles. The van der Waals surface area contributed by atoms with Gasteiger partial charge in [0.1, 0.15) is 6.26 Å². The molecule has 1 amide bonds. The average Bonchev–Trinajstić information content (AvgIpc) is 2.75. The molecular weight excluding hydrogens is 186 g/mol. The first-order valence-electron chi connectivity index (χ1n) is 4.32. The number of carbonyl (C=O) groups is 1. The van der Waals surface area contributed by atoms with E-state index >= 15 is 0 Å². The van der Waals surface area contributed by atoms with Gasteiger partial charge in [-0.25, -0.2) is 0 Å². The third-order valence-corrected chi connectivity index (χ3v) is 2.15. The summed E-state index contributed by atoms with van der Waals surface area (Å²) in [5, 5.41) is 6.15. The summed E-state index contributed by atoms with van der Waals surface area (Å²) in [6.45, 7) is 0.793. The highest BCUT2D eigenvalue weighted by Crippen LogP contribution is 2.14. The van der Waals surface area contributed by atoms with Crippen LogP contribution >= 0.6 is 0 Å². The molecular formula is C8H11N3O3. The lowest BCUT2D eigenvalue weighted by Gasteiger charge is -2.11. The molecule has 1 aliphatic rings. The minimum Gasteiger partial charge on any atom is -0.379 e. The molecule has 2 unspecified atom stereocenters. The molecule has 1 aliphatic heterocycles. The molecule has 76 valence electrons. The van der Waals surface area contributed by atoms with E-state index in [2.05, 4.69) is 15.0 Å². The smallest absolute Gasteiger partial charge is 0.232 e. The number of ether oxygens (including phenoxy) is 1. The summed E-state index contributed by atoms with van der Waals surface area (Å²) in [6.07, 6.45) is 1.39. The maximum absolute atomic E-state index is 11.6. The Kier molecular flexibility index (Phi) is 2.47. The Morgan fingerprint density at radius 2 is 2.50 bits per heavy atom. The minimum atomic E-state index is -0.299. The van der Waals surface area contributed by atoms with E-state index < -0.39 is 0 Å². The molecule has 2 rings (SSSR count). The van der Waals surface area contributed by atoms with Crippen LogP contribution in [0.3, 0.4) is 0 Å². The van der Waals surface area contributed by atoms with Crippen LogP contribution < -0.4 is 11.1 Å². The zero-order valence-electron chi connectivity index (χ0n) is 7.47. The molecule has 3 N–H and O–H groups in total. The van der Waals surface area contributed by atoms with Gasteiger partial charge in [0, 0.05) is 12.1 Å². The van der Waals surface area contributed by atoms with Crippen molar-refractivity contribution in [3.63, 3.8) is 0 Å². The first kappa shape index (κ1) is 9.17. The molecule has 0 aromatic carbocycles. The lowest BCUT2D eigenvalue weighted by molar-refractivity contribution is -0.120. The Labute approximate surface area is 80.4 Å². The van der Waals surface area contributed by atoms with Crippen LogP contribution in [0.15, 0.2) is 16.9 Å². The third-order valence-electron chi connectivity index (χ3n) is 2.15. The summed E-state index contributed by atoms with van der Waals surface area (Å²) in [6, 6.07) is 1.33. The van der Waals surface area contributed by atoms with Crippen molar-refractivity contribution in [3.05, 3.63) is 12.3 Å². The van der Waals surface area contributed by atoms with Crippen LogP contribution in [0.5, 0.6) is 0 Å². The van der Waals surface area contributed by atoms with Crippen LogP contribution in [0, 0.1) is 5.92 Å². The lowest BCUT2D eigenvalue weighted by Crippen LogP contribution is -2.37. The molecule has 1 aromatic rings. The molecule has 6 nitrogen and oxygen atoms in total. The highest BCUT2D eigenvalue weighted by molar-refractivity contribution is 5.92. The van der Waals surface area contributed by atoms with Gasteiger partial charge in [-0.05, 0) is 0 Å². The molecule has 0 radical (unpaired) electrons. The number of rotatable bonds is 2. The number of nitrogens with zero attached hydrogens (tertiary/aromatic N) is 1. The molecule has 0 saturated carbocycles. The summed E-state index contributed by atoms with van der Waals surface area (Å²) in [4.78, 5) is 11.6. The van der Waals surface area contributed by atoms with Crippen LogP contribution in [-0.4, -0.2) is 30.3 Å². The number of anilines is 1. The molecule has 1 fully saturated rings. The zero-order chi connectivity index (χ0) is 9.97. The number of hydrogen-bond acceptors (Lipinski definition) is 5. The molecule has 0 bridgehead atoms. The largest absolute Gasteiger partial charge is 0.379 e. The Hall–Kier alpha value is -1.40. The molecule has 14 heavy (non-hydrogen) atoms. The monoisotopic (exact) mass is 197 g/mol. The number of amides is 1. The topological polar surface area (TPSA) is 90.4 Å². The van der Waals surface area contributed by atoms with E-state index in [0.717, 1.165) is 0 Å². The van der Waals surface area contributed by atoms with Gasteiger partial charge in [-0.2, -0.15) is 0 Å². The van der Waals surface area contributed by atoms with Gasteiger partial charge >= 0.3 is 0 Å². The minimum absolute atomic E-state index is 0.177. The summed E-state index contributed by atoms with van der Waals surface area (Å²) in [7, 11) is 0. The summed E-state index contributed by atoms with van der Waals surface area (Å²) < 4.78 is 9.66. The van der Waals surface area contributed by atoms with Gasteiger partial charge in [-0.3, -0.25) is 4.79 Å². The fourth-order valence-electron chi connectivity index (χ4n) is 1.34. The quantitative estimate of drug-likeness (QED) is 0.672.